The highest BCUT2D eigenvalue weighted by Gasteiger charge is 2.40. The average molecular weight is 316 g/mol. The zero-order valence-corrected chi connectivity index (χ0v) is 13.3. The maximum Gasteiger partial charge on any atom is 0.310 e. The van der Waals surface area contributed by atoms with Gasteiger partial charge in [-0.25, -0.2) is 0 Å². The second-order valence-corrected chi connectivity index (χ2v) is 6.13. The van der Waals surface area contributed by atoms with Crippen molar-refractivity contribution in [2.24, 2.45) is 17.8 Å². The maximum atomic E-state index is 12.6. The van der Waals surface area contributed by atoms with Gasteiger partial charge in [0.25, 0.3) is 0 Å². The summed E-state index contributed by atoms with van der Waals surface area (Å²) in [5, 5.41) is 9.51. The predicted octanol–water partition coefficient (Wildman–Crippen LogP) is 3.81. The van der Waals surface area contributed by atoms with E-state index < -0.39 is 23.8 Å². The van der Waals surface area contributed by atoms with Crippen LogP contribution in [0.2, 0.25) is 0 Å². The predicted molar refractivity (Wildman–Crippen MR) is 87.6 cm³/mol. The molecule has 0 bridgehead atoms. The van der Waals surface area contributed by atoms with Crippen LogP contribution in [0.25, 0.3) is 0 Å². The minimum Gasteiger partial charge on any atom is -0.481 e. The molecule has 23 heavy (non-hydrogen) atoms. The van der Waals surface area contributed by atoms with E-state index in [1.165, 1.54) is 0 Å². The minimum absolute atomic E-state index is 0.0966. The van der Waals surface area contributed by atoms with E-state index in [1.807, 2.05) is 30.3 Å². The van der Waals surface area contributed by atoms with Crippen molar-refractivity contribution in [1.82, 2.24) is 0 Å². The van der Waals surface area contributed by atoms with Crippen molar-refractivity contribution < 1.29 is 19.4 Å². The fraction of sp³-hybridized carbons (Fsp3) is 0.474. The summed E-state index contributed by atoms with van der Waals surface area (Å²) >= 11 is 0. The van der Waals surface area contributed by atoms with Gasteiger partial charge in [-0.3, -0.25) is 9.59 Å². The first-order valence-electron chi connectivity index (χ1n) is 8.17. The van der Waals surface area contributed by atoms with Crippen LogP contribution in [0.1, 0.15) is 37.7 Å². The number of hydrogen-bond acceptors (Lipinski definition) is 3. The summed E-state index contributed by atoms with van der Waals surface area (Å²) in [6.07, 6.45) is 5.75. The van der Waals surface area contributed by atoms with Gasteiger partial charge in [0.05, 0.1) is 11.8 Å². The zero-order chi connectivity index (χ0) is 16.7. The monoisotopic (exact) mass is 316 g/mol. The Balaban J connectivity index is 2.09. The van der Waals surface area contributed by atoms with Gasteiger partial charge in [0.1, 0.15) is 6.61 Å². The zero-order valence-electron chi connectivity index (χ0n) is 13.3. The Hall–Kier alpha value is -2.10. The van der Waals surface area contributed by atoms with Gasteiger partial charge in [0.2, 0.25) is 0 Å². The molecule has 2 atom stereocenters. The van der Waals surface area contributed by atoms with Crippen molar-refractivity contribution in [2.75, 3.05) is 0 Å². The van der Waals surface area contributed by atoms with Gasteiger partial charge < -0.3 is 9.84 Å². The van der Waals surface area contributed by atoms with Crippen molar-refractivity contribution in [3.05, 3.63) is 48.6 Å². The summed E-state index contributed by atoms with van der Waals surface area (Å²) in [4.78, 5) is 24.2. The molecular formula is C19H24O4. The summed E-state index contributed by atoms with van der Waals surface area (Å²) in [5.41, 5.74) is 0.904. The molecule has 0 amide bonds. The Morgan fingerprint density at radius 3 is 2.48 bits per heavy atom. The van der Waals surface area contributed by atoms with Crippen LogP contribution in [0.3, 0.4) is 0 Å². The highest BCUT2D eigenvalue weighted by molar-refractivity contribution is 5.81. The molecule has 0 aliphatic heterocycles. The second kappa shape index (κ2) is 8.51. The molecule has 1 saturated carbocycles. The first kappa shape index (κ1) is 17.3. The van der Waals surface area contributed by atoms with Crippen molar-refractivity contribution >= 4 is 11.9 Å². The Labute approximate surface area is 137 Å². The number of esters is 1. The first-order chi connectivity index (χ1) is 11.1. The standard InChI is InChI=1S/C19H24O4/c1-2-8-16(18(20)21)17(15-11-6-7-12-15)19(22)23-13-14-9-4-3-5-10-14/h2-5,9-10,15-17H,1,6-8,11-13H2,(H,20,21)/t16-,17-/m0/s1. The fourth-order valence-corrected chi connectivity index (χ4v) is 3.41. The molecule has 0 heterocycles. The number of allylic oxidation sites excluding steroid dienone is 1. The number of rotatable bonds is 8. The number of carboxylic acid groups (broad SMARTS) is 1. The minimum atomic E-state index is -0.946. The average Bonchev–Trinajstić information content (AvgIpc) is 3.07. The molecule has 2 rings (SSSR count). The highest BCUT2D eigenvalue weighted by Crippen LogP contribution is 2.37. The molecular weight excluding hydrogens is 292 g/mol. The number of carbonyl (C=O) groups is 2. The van der Waals surface area contributed by atoms with Gasteiger partial charge in [-0.2, -0.15) is 0 Å². The van der Waals surface area contributed by atoms with E-state index in [2.05, 4.69) is 6.58 Å². The lowest BCUT2D eigenvalue weighted by Crippen LogP contribution is -2.35. The molecule has 1 N–H and O–H groups in total. The number of aliphatic carboxylic acids is 1. The summed E-state index contributed by atoms with van der Waals surface area (Å²) in [6.45, 7) is 3.81. The van der Waals surface area contributed by atoms with Crippen molar-refractivity contribution in [1.29, 1.82) is 0 Å². The lowest BCUT2D eigenvalue weighted by molar-refractivity contribution is -0.161. The van der Waals surface area contributed by atoms with E-state index in [-0.39, 0.29) is 18.9 Å². The van der Waals surface area contributed by atoms with E-state index in [9.17, 15) is 14.7 Å². The normalized spacial score (nSPS) is 17.4. The molecule has 1 fully saturated rings. The molecule has 1 aliphatic carbocycles. The lowest BCUT2D eigenvalue weighted by atomic mass is 9.79. The molecule has 1 aromatic rings. The van der Waals surface area contributed by atoms with Crippen LogP contribution in [-0.4, -0.2) is 17.0 Å². The van der Waals surface area contributed by atoms with E-state index in [0.29, 0.717) is 0 Å². The summed E-state index contributed by atoms with van der Waals surface area (Å²) < 4.78 is 5.44. The molecule has 1 aliphatic rings. The SMILES string of the molecule is C=CC[C@H](C(=O)O)[C@@H](C(=O)OCc1ccccc1)C1CCCC1. The van der Waals surface area contributed by atoms with Gasteiger partial charge >= 0.3 is 11.9 Å². The molecule has 0 unspecified atom stereocenters. The number of carbonyl (C=O) groups excluding carboxylic acids is 1. The second-order valence-electron chi connectivity index (χ2n) is 6.13. The Bertz CT molecular complexity index is 532. The molecule has 0 radical (unpaired) electrons. The number of carboxylic acids is 1. The van der Waals surface area contributed by atoms with E-state index in [1.54, 1.807) is 6.08 Å². The third-order valence-electron chi connectivity index (χ3n) is 4.58. The Kier molecular flexibility index (Phi) is 6.39. The highest BCUT2D eigenvalue weighted by atomic mass is 16.5. The van der Waals surface area contributed by atoms with Crippen LogP contribution in [0.5, 0.6) is 0 Å². The Morgan fingerprint density at radius 1 is 1.26 bits per heavy atom. The van der Waals surface area contributed by atoms with Gasteiger partial charge in [0, 0.05) is 0 Å². The van der Waals surface area contributed by atoms with Gasteiger partial charge in [-0.05, 0) is 30.7 Å². The van der Waals surface area contributed by atoms with E-state index in [4.69, 9.17) is 4.74 Å². The lowest BCUT2D eigenvalue weighted by Gasteiger charge is -2.26. The van der Waals surface area contributed by atoms with E-state index >= 15 is 0 Å². The van der Waals surface area contributed by atoms with Gasteiger partial charge in [-0.1, -0.05) is 49.2 Å². The van der Waals surface area contributed by atoms with E-state index in [0.717, 1.165) is 31.2 Å². The van der Waals surface area contributed by atoms with Crippen LogP contribution in [-0.2, 0) is 20.9 Å². The largest absolute Gasteiger partial charge is 0.481 e. The van der Waals surface area contributed by atoms with Crippen LogP contribution >= 0.6 is 0 Å². The molecule has 4 heteroatoms. The topological polar surface area (TPSA) is 63.6 Å². The van der Waals surface area contributed by atoms with Crippen molar-refractivity contribution in [3.8, 4) is 0 Å². The van der Waals surface area contributed by atoms with Crippen LogP contribution in [0.4, 0.5) is 0 Å². The van der Waals surface area contributed by atoms with Gasteiger partial charge in [-0.15, -0.1) is 6.58 Å². The summed E-state index contributed by atoms with van der Waals surface area (Å²) in [5.74, 6) is -2.58. The van der Waals surface area contributed by atoms with Crippen molar-refractivity contribution in [2.45, 2.75) is 38.7 Å². The number of benzene rings is 1. The smallest absolute Gasteiger partial charge is 0.310 e. The molecule has 124 valence electrons. The fourth-order valence-electron chi connectivity index (χ4n) is 3.41. The first-order valence-corrected chi connectivity index (χ1v) is 8.17. The molecule has 1 aromatic carbocycles. The third-order valence-corrected chi connectivity index (χ3v) is 4.58. The van der Waals surface area contributed by atoms with Crippen LogP contribution in [0.15, 0.2) is 43.0 Å². The van der Waals surface area contributed by atoms with Crippen molar-refractivity contribution in [3.63, 3.8) is 0 Å². The van der Waals surface area contributed by atoms with Crippen LogP contribution < -0.4 is 0 Å². The number of ether oxygens (including phenoxy) is 1. The quantitative estimate of drug-likeness (QED) is 0.585. The molecule has 4 nitrogen and oxygen atoms in total. The number of hydrogen-bond donors (Lipinski definition) is 1. The molecule has 0 saturated heterocycles. The third kappa shape index (κ3) is 4.68. The summed E-state index contributed by atoms with van der Waals surface area (Å²) in [6, 6.07) is 9.44. The molecule has 0 spiro atoms. The summed E-state index contributed by atoms with van der Waals surface area (Å²) in [7, 11) is 0. The Morgan fingerprint density at radius 2 is 1.91 bits per heavy atom. The van der Waals surface area contributed by atoms with Gasteiger partial charge in [0.15, 0.2) is 0 Å². The van der Waals surface area contributed by atoms with Crippen LogP contribution in [0, 0.1) is 17.8 Å². The maximum absolute atomic E-state index is 12.6. The molecule has 0 aromatic heterocycles.